The lowest BCUT2D eigenvalue weighted by Gasteiger charge is -2.20. The SMILES string of the molecule is CN(Cc1ccc(OCC(=O)NC(c2ccccc2)c2ccccc2)cc1)S(C)(=O)=O. The number of hydrogen-bond acceptors (Lipinski definition) is 4. The van der Waals surface area contributed by atoms with Crippen molar-refractivity contribution in [1.29, 1.82) is 0 Å². The molecule has 0 unspecified atom stereocenters. The summed E-state index contributed by atoms with van der Waals surface area (Å²) < 4.78 is 30.0. The summed E-state index contributed by atoms with van der Waals surface area (Å²) in [5.74, 6) is 0.301. The Morgan fingerprint density at radius 1 is 0.903 bits per heavy atom. The van der Waals surface area contributed by atoms with Crippen LogP contribution in [0.2, 0.25) is 0 Å². The van der Waals surface area contributed by atoms with Crippen molar-refractivity contribution in [2.75, 3.05) is 19.9 Å². The molecule has 0 radical (unpaired) electrons. The van der Waals surface area contributed by atoms with Crippen LogP contribution in [-0.4, -0.2) is 38.5 Å². The Hall–Kier alpha value is -3.16. The molecule has 31 heavy (non-hydrogen) atoms. The molecule has 0 aliphatic carbocycles. The van der Waals surface area contributed by atoms with Crippen molar-refractivity contribution in [1.82, 2.24) is 9.62 Å². The van der Waals surface area contributed by atoms with Gasteiger partial charge in [0.2, 0.25) is 10.0 Å². The third-order valence-electron chi connectivity index (χ3n) is 4.84. The van der Waals surface area contributed by atoms with E-state index in [0.29, 0.717) is 5.75 Å². The molecular formula is C24H26N2O4S. The molecule has 1 amide bonds. The molecule has 0 fully saturated rings. The second-order valence-corrected chi connectivity index (χ2v) is 9.36. The van der Waals surface area contributed by atoms with Gasteiger partial charge in [0.25, 0.3) is 5.91 Å². The van der Waals surface area contributed by atoms with Gasteiger partial charge in [-0.1, -0.05) is 72.8 Å². The minimum Gasteiger partial charge on any atom is -0.484 e. The number of sulfonamides is 1. The van der Waals surface area contributed by atoms with Gasteiger partial charge in [-0.25, -0.2) is 12.7 Å². The maximum absolute atomic E-state index is 12.6. The van der Waals surface area contributed by atoms with Crippen LogP contribution in [-0.2, 0) is 21.4 Å². The second-order valence-electron chi connectivity index (χ2n) is 7.27. The van der Waals surface area contributed by atoms with Gasteiger partial charge in [-0.05, 0) is 28.8 Å². The fraction of sp³-hybridized carbons (Fsp3) is 0.208. The van der Waals surface area contributed by atoms with Crippen LogP contribution in [0.15, 0.2) is 84.9 Å². The van der Waals surface area contributed by atoms with Gasteiger partial charge in [0.15, 0.2) is 6.61 Å². The first-order chi connectivity index (χ1) is 14.8. The fourth-order valence-corrected chi connectivity index (χ4v) is 3.45. The smallest absolute Gasteiger partial charge is 0.258 e. The lowest BCUT2D eigenvalue weighted by Crippen LogP contribution is -2.33. The van der Waals surface area contributed by atoms with E-state index in [2.05, 4.69) is 5.32 Å². The van der Waals surface area contributed by atoms with E-state index >= 15 is 0 Å². The van der Waals surface area contributed by atoms with Gasteiger partial charge in [0, 0.05) is 13.6 Å². The summed E-state index contributed by atoms with van der Waals surface area (Å²) in [6.45, 7) is 0.147. The number of amides is 1. The van der Waals surface area contributed by atoms with Crippen LogP contribution in [0.3, 0.4) is 0 Å². The Labute approximate surface area is 183 Å². The van der Waals surface area contributed by atoms with Crippen LogP contribution in [0.5, 0.6) is 5.75 Å². The van der Waals surface area contributed by atoms with E-state index in [9.17, 15) is 13.2 Å². The number of nitrogens with zero attached hydrogens (tertiary/aromatic N) is 1. The average molecular weight is 439 g/mol. The van der Waals surface area contributed by atoms with E-state index in [1.807, 2.05) is 60.7 Å². The van der Waals surface area contributed by atoms with E-state index < -0.39 is 10.0 Å². The lowest BCUT2D eigenvalue weighted by atomic mass is 9.99. The van der Waals surface area contributed by atoms with Crippen molar-refractivity contribution in [3.8, 4) is 5.75 Å². The molecule has 7 heteroatoms. The van der Waals surface area contributed by atoms with Crippen molar-refractivity contribution in [2.24, 2.45) is 0 Å². The topological polar surface area (TPSA) is 75.7 Å². The first-order valence-corrected chi connectivity index (χ1v) is 11.7. The molecule has 3 aromatic rings. The molecule has 3 aromatic carbocycles. The molecule has 3 rings (SSSR count). The van der Waals surface area contributed by atoms with Gasteiger partial charge < -0.3 is 10.1 Å². The Morgan fingerprint density at radius 3 is 1.90 bits per heavy atom. The van der Waals surface area contributed by atoms with Crippen LogP contribution >= 0.6 is 0 Å². The molecule has 1 N–H and O–H groups in total. The minimum atomic E-state index is -3.24. The molecule has 0 saturated heterocycles. The third kappa shape index (κ3) is 6.67. The first kappa shape index (κ1) is 22.5. The minimum absolute atomic E-state index is 0.126. The van der Waals surface area contributed by atoms with Gasteiger partial charge >= 0.3 is 0 Å². The zero-order valence-corrected chi connectivity index (χ0v) is 18.4. The lowest BCUT2D eigenvalue weighted by molar-refractivity contribution is -0.123. The quantitative estimate of drug-likeness (QED) is 0.556. The normalized spacial score (nSPS) is 11.5. The maximum atomic E-state index is 12.6. The second kappa shape index (κ2) is 10.2. The number of rotatable bonds is 9. The van der Waals surface area contributed by atoms with Crippen LogP contribution in [0, 0.1) is 0 Å². The highest BCUT2D eigenvalue weighted by molar-refractivity contribution is 7.88. The number of hydrogen-bond donors (Lipinski definition) is 1. The monoisotopic (exact) mass is 438 g/mol. The molecule has 0 aliphatic heterocycles. The predicted molar refractivity (Wildman–Crippen MR) is 121 cm³/mol. The van der Waals surface area contributed by atoms with E-state index in [1.54, 1.807) is 24.3 Å². The van der Waals surface area contributed by atoms with Crippen LogP contribution in [0.1, 0.15) is 22.7 Å². The third-order valence-corrected chi connectivity index (χ3v) is 6.10. The molecule has 0 aromatic heterocycles. The number of carbonyl (C=O) groups excluding carboxylic acids is 1. The van der Waals surface area contributed by atoms with Gasteiger partial charge in [0.05, 0.1) is 12.3 Å². The molecule has 6 nitrogen and oxygen atoms in total. The van der Waals surface area contributed by atoms with Gasteiger partial charge in [0.1, 0.15) is 5.75 Å². The van der Waals surface area contributed by atoms with Gasteiger partial charge in [-0.2, -0.15) is 0 Å². The summed E-state index contributed by atoms with van der Waals surface area (Å²) in [6, 6.07) is 26.3. The largest absolute Gasteiger partial charge is 0.484 e. The van der Waals surface area contributed by atoms with Crippen LogP contribution in [0.25, 0.3) is 0 Å². The predicted octanol–water partition coefficient (Wildman–Crippen LogP) is 3.36. The molecule has 0 saturated carbocycles. The van der Waals surface area contributed by atoms with Crippen LogP contribution < -0.4 is 10.1 Å². The highest BCUT2D eigenvalue weighted by atomic mass is 32.2. The highest BCUT2D eigenvalue weighted by Crippen LogP contribution is 2.22. The summed E-state index contributed by atoms with van der Waals surface area (Å²) in [6.07, 6.45) is 1.17. The molecule has 0 bridgehead atoms. The van der Waals surface area contributed by atoms with E-state index in [-0.39, 0.29) is 25.1 Å². The van der Waals surface area contributed by atoms with Crippen LogP contribution in [0.4, 0.5) is 0 Å². The summed E-state index contributed by atoms with van der Waals surface area (Å²) in [4.78, 5) is 12.6. The van der Waals surface area contributed by atoms with Crippen molar-refractivity contribution in [2.45, 2.75) is 12.6 Å². The standard InChI is InChI=1S/C24H26N2O4S/c1-26(31(2,28)29)17-19-13-15-22(16-14-19)30-18-23(27)25-24(20-9-5-3-6-10-20)21-11-7-4-8-12-21/h3-16,24H,17-18H2,1-2H3,(H,25,27). The molecule has 162 valence electrons. The first-order valence-electron chi connectivity index (χ1n) is 9.85. The van der Waals surface area contributed by atoms with E-state index in [0.717, 1.165) is 16.7 Å². The Kier molecular flexibility index (Phi) is 7.44. The zero-order chi connectivity index (χ0) is 22.3. The van der Waals surface area contributed by atoms with Crippen molar-refractivity contribution >= 4 is 15.9 Å². The van der Waals surface area contributed by atoms with Gasteiger partial charge in [-0.3, -0.25) is 4.79 Å². The molecule has 0 heterocycles. The van der Waals surface area contributed by atoms with E-state index in [4.69, 9.17) is 4.74 Å². The summed E-state index contributed by atoms with van der Waals surface area (Å²) in [5, 5.41) is 3.04. The number of carbonyl (C=O) groups is 1. The molecule has 0 aliphatic rings. The zero-order valence-electron chi connectivity index (χ0n) is 17.6. The Balaban J connectivity index is 1.60. The van der Waals surface area contributed by atoms with Gasteiger partial charge in [-0.15, -0.1) is 0 Å². The Morgan fingerprint density at radius 2 is 1.42 bits per heavy atom. The van der Waals surface area contributed by atoms with Crippen molar-refractivity contribution < 1.29 is 17.9 Å². The number of nitrogens with one attached hydrogen (secondary N) is 1. The molecular weight excluding hydrogens is 412 g/mol. The summed E-state index contributed by atoms with van der Waals surface area (Å²) in [5.41, 5.74) is 2.81. The Bertz CT molecular complexity index is 1050. The highest BCUT2D eigenvalue weighted by Gasteiger charge is 2.17. The average Bonchev–Trinajstić information content (AvgIpc) is 2.77. The molecule has 0 atom stereocenters. The summed E-state index contributed by atoms with van der Waals surface area (Å²) >= 11 is 0. The maximum Gasteiger partial charge on any atom is 0.258 e. The van der Waals surface area contributed by atoms with E-state index in [1.165, 1.54) is 17.6 Å². The summed E-state index contributed by atoms with van der Waals surface area (Å²) in [7, 11) is -1.71. The van der Waals surface area contributed by atoms with Crippen molar-refractivity contribution in [3.05, 3.63) is 102 Å². The molecule has 0 spiro atoms. The fourth-order valence-electron chi connectivity index (χ4n) is 3.07. The van der Waals surface area contributed by atoms with Crippen molar-refractivity contribution in [3.63, 3.8) is 0 Å². The number of benzene rings is 3. The number of ether oxygens (including phenoxy) is 1.